The van der Waals surface area contributed by atoms with Gasteiger partial charge in [0.05, 0.1) is 10.5 Å². The highest BCUT2D eigenvalue weighted by Crippen LogP contribution is 2.26. The van der Waals surface area contributed by atoms with E-state index in [1.54, 1.807) is 26.1 Å². The van der Waals surface area contributed by atoms with Gasteiger partial charge in [-0.25, -0.2) is 17.6 Å². The summed E-state index contributed by atoms with van der Waals surface area (Å²) in [5.41, 5.74) is 0.789. The first-order valence-corrected chi connectivity index (χ1v) is 12.9. The lowest BCUT2D eigenvalue weighted by Gasteiger charge is -2.30. The van der Waals surface area contributed by atoms with Crippen LogP contribution < -0.4 is 0 Å². The van der Waals surface area contributed by atoms with Crippen LogP contribution in [0.2, 0.25) is 0 Å². The third-order valence-corrected chi connectivity index (χ3v) is 8.10. The van der Waals surface area contributed by atoms with Gasteiger partial charge in [-0.15, -0.1) is 0 Å². The van der Waals surface area contributed by atoms with Crippen molar-refractivity contribution < 1.29 is 27.1 Å². The van der Waals surface area contributed by atoms with Crippen molar-refractivity contribution in [2.45, 2.75) is 56.5 Å². The van der Waals surface area contributed by atoms with Crippen molar-refractivity contribution in [3.8, 4) is 0 Å². The summed E-state index contributed by atoms with van der Waals surface area (Å²) in [5, 5.41) is 0. The van der Waals surface area contributed by atoms with Crippen LogP contribution in [-0.4, -0.2) is 55.7 Å². The molecule has 9 heteroatoms. The molecule has 184 valence electrons. The smallest absolute Gasteiger partial charge is 0.338 e. The lowest BCUT2D eigenvalue weighted by molar-refractivity contribution is -0.134. The Bertz CT molecular complexity index is 1100. The van der Waals surface area contributed by atoms with Crippen LogP contribution in [0.3, 0.4) is 0 Å². The number of carbonyl (C=O) groups excluding carboxylic acids is 2. The molecule has 7 nitrogen and oxygen atoms in total. The van der Waals surface area contributed by atoms with Crippen LogP contribution in [0.1, 0.15) is 54.9 Å². The molecule has 0 N–H and O–H groups in total. The highest BCUT2D eigenvalue weighted by atomic mass is 32.2. The zero-order valence-electron chi connectivity index (χ0n) is 19.6. The summed E-state index contributed by atoms with van der Waals surface area (Å²) in [7, 11) is -2.06. The maximum Gasteiger partial charge on any atom is 0.338 e. The van der Waals surface area contributed by atoms with Crippen LogP contribution in [0.5, 0.6) is 0 Å². The van der Waals surface area contributed by atoms with Gasteiger partial charge in [0.2, 0.25) is 10.0 Å². The van der Waals surface area contributed by atoms with E-state index in [-0.39, 0.29) is 28.9 Å². The molecule has 3 rings (SSSR count). The van der Waals surface area contributed by atoms with E-state index < -0.39 is 28.5 Å². The van der Waals surface area contributed by atoms with E-state index in [0.717, 1.165) is 32.1 Å². The van der Waals surface area contributed by atoms with E-state index in [9.17, 15) is 22.4 Å². The number of ether oxygens (including phenoxy) is 1. The number of hydrogen-bond donors (Lipinski definition) is 0. The molecule has 1 amide bonds. The van der Waals surface area contributed by atoms with Gasteiger partial charge in [-0.2, -0.15) is 4.31 Å². The zero-order valence-corrected chi connectivity index (χ0v) is 20.4. The summed E-state index contributed by atoms with van der Waals surface area (Å²) in [6, 6.07) is 11.5. The lowest BCUT2D eigenvalue weighted by Crippen LogP contribution is -2.38. The largest absolute Gasteiger partial charge is 0.452 e. The van der Waals surface area contributed by atoms with E-state index in [1.165, 1.54) is 45.6 Å². The van der Waals surface area contributed by atoms with Crippen molar-refractivity contribution in [3.63, 3.8) is 0 Å². The molecule has 0 bridgehead atoms. The minimum atomic E-state index is -3.66. The van der Waals surface area contributed by atoms with Crippen LogP contribution in [-0.2, 0) is 26.1 Å². The number of benzene rings is 2. The summed E-state index contributed by atoms with van der Waals surface area (Å²) >= 11 is 0. The van der Waals surface area contributed by atoms with Crippen molar-refractivity contribution in [3.05, 3.63) is 65.5 Å². The zero-order chi connectivity index (χ0) is 24.7. The van der Waals surface area contributed by atoms with Crippen LogP contribution in [0, 0.1) is 5.82 Å². The first-order chi connectivity index (χ1) is 16.2. The molecule has 2 aromatic rings. The number of hydrogen-bond acceptors (Lipinski definition) is 5. The topological polar surface area (TPSA) is 84.0 Å². The predicted octanol–water partition coefficient (Wildman–Crippen LogP) is 3.98. The van der Waals surface area contributed by atoms with Crippen LogP contribution in [0.4, 0.5) is 4.39 Å². The fraction of sp³-hybridized carbons (Fsp3) is 0.440. The van der Waals surface area contributed by atoms with Crippen LogP contribution >= 0.6 is 0 Å². The average Bonchev–Trinajstić information content (AvgIpc) is 2.85. The highest BCUT2D eigenvalue weighted by molar-refractivity contribution is 7.89. The van der Waals surface area contributed by atoms with Crippen molar-refractivity contribution in [1.29, 1.82) is 0 Å². The van der Waals surface area contributed by atoms with Gasteiger partial charge in [0.15, 0.2) is 6.61 Å². The SMILES string of the molecule is CCN(Cc1cccc(F)c1)C(=O)COC(=O)c1ccc(S(=O)(=O)N(C)C2CCCCC2)cc1. The molecule has 1 saturated carbocycles. The Balaban J connectivity index is 1.58. The summed E-state index contributed by atoms with van der Waals surface area (Å²) in [6.45, 7) is 1.88. The van der Waals surface area contributed by atoms with E-state index in [4.69, 9.17) is 4.74 Å². The molecule has 0 aliphatic heterocycles. The normalized spacial score (nSPS) is 14.7. The first-order valence-electron chi connectivity index (χ1n) is 11.5. The molecule has 0 heterocycles. The molecule has 0 aromatic heterocycles. The van der Waals surface area contributed by atoms with Gasteiger partial charge in [-0.1, -0.05) is 31.4 Å². The third-order valence-electron chi connectivity index (χ3n) is 6.18. The molecular weight excluding hydrogens is 459 g/mol. The van der Waals surface area contributed by atoms with Gasteiger partial charge in [0, 0.05) is 26.2 Å². The standard InChI is InChI=1S/C25H31FN2O5S/c1-3-28(17-19-8-7-9-21(26)16-19)24(29)18-33-25(30)20-12-14-23(15-13-20)34(31,32)27(2)22-10-5-4-6-11-22/h7-9,12-16,22H,3-6,10-11,17-18H2,1-2H3. The molecule has 0 unspecified atom stereocenters. The molecule has 1 aliphatic carbocycles. The minimum Gasteiger partial charge on any atom is -0.452 e. The van der Waals surface area contributed by atoms with Crippen molar-refractivity contribution in [2.75, 3.05) is 20.2 Å². The number of esters is 1. The second kappa shape index (κ2) is 11.6. The fourth-order valence-corrected chi connectivity index (χ4v) is 5.52. The Morgan fingerprint density at radius 2 is 1.74 bits per heavy atom. The monoisotopic (exact) mass is 490 g/mol. The Labute approximate surface area is 200 Å². The van der Waals surface area contributed by atoms with Crippen LogP contribution in [0.25, 0.3) is 0 Å². The molecule has 0 atom stereocenters. The maximum absolute atomic E-state index is 13.4. The van der Waals surface area contributed by atoms with Gasteiger partial charge in [-0.3, -0.25) is 4.79 Å². The Morgan fingerprint density at radius 3 is 2.35 bits per heavy atom. The quantitative estimate of drug-likeness (QED) is 0.497. The maximum atomic E-state index is 13.4. The molecule has 1 fully saturated rings. The van der Waals surface area contributed by atoms with Crippen molar-refractivity contribution >= 4 is 21.9 Å². The Hall–Kier alpha value is -2.78. The fourth-order valence-electron chi connectivity index (χ4n) is 4.10. The van der Waals surface area contributed by atoms with Crippen LogP contribution in [0.15, 0.2) is 53.4 Å². The molecular formula is C25H31FN2O5S. The predicted molar refractivity (Wildman–Crippen MR) is 126 cm³/mol. The molecule has 0 radical (unpaired) electrons. The summed E-state index contributed by atoms with van der Waals surface area (Å²) in [5.74, 6) is -1.52. The van der Waals surface area contributed by atoms with E-state index in [0.29, 0.717) is 12.1 Å². The van der Waals surface area contributed by atoms with E-state index in [2.05, 4.69) is 0 Å². The van der Waals surface area contributed by atoms with Gasteiger partial charge >= 0.3 is 5.97 Å². The van der Waals surface area contributed by atoms with Gasteiger partial charge in [0.1, 0.15) is 5.82 Å². The highest BCUT2D eigenvalue weighted by Gasteiger charge is 2.29. The third kappa shape index (κ3) is 6.42. The van der Waals surface area contributed by atoms with Gasteiger partial charge in [-0.05, 0) is 61.7 Å². The average molecular weight is 491 g/mol. The Kier molecular flexibility index (Phi) is 8.79. The number of nitrogens with zero attached hydrogens (tertiary/aromatic N) is 2. The number of halogens is 1. The molecule has 0 saturated heterocycles. The lowest BCUT2D eigenvalue weighted by atomic mass is 9.96. The van der Waals surface area contributed by atoms with E-state index in [1.807, 2.05) is 0 Å². The number of amides is 1. The van der Waals surface area contributed by atoms with Gasteiger partial charge in [0.25, 0.3) is 5.91 Å². The first kappa shape index (κ1) is 25.8. The summed E-state index contributed by atoms with van der Waals surface area (Å²) in [6.07, 6.45) is 4.87. The summed E-state index contributed by atoms with van der Waals surface area (Å²) in [4.78, 5) is 26.5. The molecule has 2 aromatic carbocycles. The van der Waals surface area contributed by atoms with Crippen molar-refractivity contribution in [2.24, 2.45) is 0 Å². The van der Waals surface area contributed by atoms with Gasteiger partial charge < -0.3 is 9.64 Å². The molecule has 34 heavy (non-hydrogen) atoms. The summed E-state index contributed by atoms with van der Waals surface area (Å²) < 4.78 is 45.8. The number of sulfonamides is 1. The number of likely N-dealkylation sites (N-methyl/N-ethyl adjacent to an activating group) is 1. The second-order valence-corrected chi connectivity index (χ2v) is 10.4. The number of carbonyl (C=O) groups is 2. The minimum absolute atomic E-state index is 0.0108. The van der Waals surface area contributed by atoms with Crippen molar-refractivity contribution in [1.82, 2.24) is 9.21 Å². The molecule has 0 spiro atoms. The Morgan fingerprint density at radius 1 is 1.06 bits per heavy atom. The van der Waals surface area contributed by atoms with E-state index >= 15 is 0 Å². The number of rotatable bonds is 9. The molecule has 1 aliphatic rings. The second-order valence-electron chi connectivity index (χ2n) is 8.45.